The predicted molar refractivity (Wildman–Crippen MR) is 81.7 cm³/mol. The van der Waals surface area contributed by atoms with Crippen LogP contribution < -0.4 is 5.32 Å². The fraction of sp³-hybridized carbons (Fsp3) is 0.375. The Bertz CT molecular complexity index is 553. The molecule has 2 N–H and O–H groups in total. The lowest BCUT2D eigenvalue weighted by molar-refractivity contribution is -0.138. The molecule has 0 aliphatic heterocycles. The van der Waals surface area contributed by atoms with Gasteiger partial charge in [-0.15, -0.1) is 0 Å². The number of rotatable bonds is 7. The van der Waals surface area contributed by atoms with Crippen LogP contribution in [0.4, 0.5) is 4.79 Å². The summed E-state index contributed by atoms with van der Waals surface area (Å²) in [4.78, 5) is 22.5. The van der Waals surface area contributed by atoms with Crippen molar-refractivity contribution in [1.82, 2.24) is 5.32 Å². The summed E-state index contributed by atoms with van der Waals surface area (Å²) in [6.07, 6.45) is -0.0750. The first-order chi connectivity index (χ1) is 10.4. The molecule has 0 spiro atoms. The summed E-state index contributed by atoms with van der Waals surface area (Å²) in [6, 6.07) is 5.32. The normalized spacial score (nSPS) is 9.91. The molecule has 0 saturated heterocycles. The maximum Gasteiger partial charge on any atom is 0.407 e. The highest BCUT2D eigenvalue weighted by molar-refractivity contribution is 5.86. The Morgan fingerprint density at radius 1 is 1.27 bits per heavy atom. The van der Waals surface area contributed by atoms with Crippen LogP contribution in [0.15, 0.2) is 30.4 Å². The first-order valence-corrected chi connectivity index (χ1v) is 6.92. The Morgan fingerprint density at radius 3 is 2.64 bits per heavy atom. The van der Waals surface area contributed by atoms with Gasteiger partial charge in [-0.2, -0.15) is 0 Å². The Morgan fingerprint density at radius 2 is 2.00 bits per heavy atom. The van der Waals surface area contributed by atoms with E-state index in [0.717, 1.165) is 11.1 Å². The van der Waals surface area contributed by atoms with Gasteiger partial charge < -0.3 is 19.9 Å². The summed E-state index contributed by atoms with van der Waals surface area (Å²) >= 11 is 0. The minimum atomic E-state index is -0.581. The molecule has 1 amide bonds. The number of ether oxygens (including phenoxy) is 2. The zero-order chi connectivity index (χ0) is 16.5. The van der Waals surface area contributed by atoms with Gasteiger partial charge in [0.1, 0.15) is 12.4 Å². The number of hydrogen-bond donors (Lipinski definition) is 2. The summed E-state index contributed by atoms with van der Waals surface area (Å²) in [5.74, 6) is -0.268. The van der Waals surface area contributed by atoms with Crippen LogP contribution in [0.2, 0.25) is 0 Å². The molecule has 0 radical (unpaired) electrons. The maximum absolute atomic E-state index is 11.4. The number of esters is 1. The van der Waals surface area contributed by atoms with Crippen LogP contribution in [0.1, 0.15) is 18.1 Å². The molecular formula is C16H21NO5. The van der Waals surface area contributed by atoms with Crippen molar-refractivity contribution in [3.63, 3.8) is 0 Å². The SMILES string of the molecule is C=C(C)C(=O)OCCNC(=O)OCCc1ccc(C)c(O)c1. The minimum absolute atomic E-state index is 0.0621. The maximum atomic E-state index is 11.4. The average Bonchev–Trinajstić information content (AvgIpc) is 2.47. The molecule has 0 heterocycles. The second-order valence-electron chi connectivity index (χ2n) is 4.85. The van der Waals surface area contributed by atoms with E-state index < -0.39 is 12.1 Å². The van der Waals surface area contributed by atoms with Gasteiger partial charge in [0.15, 0.2) is 0 Å². The second kappa shape index (κ2) is 8.71. The van der Waals surface area contributed by atoms with Crippen molar-refractivity contribution in [2.75, 3.05) is 19.8 Å². The first-order valence-electron chi connectivity index (χ1n) is 6.92. The van der Waals surface area contributed by atoms with Crippen LogP contribution >= 0.6 is 0 Å². The molecule has 22 heavy (non-hydrogen) atoms. The van der Waals surface area contributed by atoms with Crippen LogP contribution in [0.5, 0.6) is 5.75 Å². The topological polar surface area (TPSA) is 84.9 Å². The van der Waals surface area contributed by atoms with Gasteiger partial charge in [0, 0.05) is 12.0 Å². The van der Waals surface area contributed by atoms with Gasteiger partial charge >= 0.3 is 12.1 Å². The predicted octanol–water partition coefficient (Wildman–Crippen LogP) is 2.09. The van der Waals surface area contributed by atoms with E-state index in [0.29, 0.717) is 12.0 Å². The number of carbonyl (C=O) groups excluding carboxylic acids is 2. The zero-order valence-electron chi connectivity index (χ0n) is 12.8. The fourth-order valence-electron chi connectivity index (χ4n) is 1.54. The van der Waals surface area contributed by atoms with Gasteiger partial charge in [0.2, 0.25) is 0 Å². The largest absolute Gasteiger partial charge is 0.508 e. The number of amides is 1. The molecule has 0 fully saturated rings. The summed E-state index contributed by atoms with van der Waals surface area (Å²) in [5, 5.41) is 12.0. The smallest absolute Gasteiger partial charge is 0.407 e. The van der Waals surface area contributed by atoms with E-state index in [9.17, 15) is 14.7 Å². The van der Waals surface area contributed by atoms with Crippen LogP contribution in [0, 0.1) is 6.92 Å². The van der Waals surface area contributed by atoms with Crippen LogP contribution in [0.25, 0.3) is 0 Å². The highest BCUT2D eigenvalue weighted by Crippen LogP contribution is 2.17. The molecular weight excluding hydrogens is 286 g/mol. The molecule has 6 heteroatoms. The Labute approximate surface area is 129 Å². The average molecular weight is 307 g/mol. The highest BCUT2D eigenvalue weighted by Gasteiger charge is 2.05. The summed E-state index contributed by atoms with van der Waals surface area (Å²) < 4.78 is 9.80. The van der Waals surface area contributed by atoms with E-state index in [1.165, 1.54) is 0 Å². The molecule has 0 atom stereocenters. The third-order valence-electron chi connectivity index (χ3n) is 2.85. The quantitative estimate of drug-likeness (QED) is 0.458. The number of carbonyl (C=O) groups is 2. The molecule has 0 aliphatic carbocycles. The molecule has 6 nitrogen and oxygen atoms in total. The zero-order valence-corrected chi connectivity index (χ0v) is 12.8. The number of aryl methyl sites for hydroxylation is 1. The Hall–Kier alpha value is -2.50. The van der Waals surface area contributed by atoms with Gasteiger partial charge in [-0.25, -0.2) is 9.59 Å². The van der Waals surface area contributed by atoms with Gasteiger partial charge in [-0.1, -0.05) is 18.7 Å². The van der Waals surface area contributed by atoms with Crippen molar-refractivity contribution >= 4 is 12.1 Å². The monoisotopic (exact) mass is 307 g/mol. The molecule has 0 saturated carbocycles. The summed E-state index contributed by atoms with van der Waals surface area (Å²) in [5.41, 5.74) is 1.99. The lowest BCUT2D eigenvalue weighted by atomic mass is 10.1. The van der Waals surface area contributed by atoms with Crippen molar-refractivity contribution in [1.29, 1.82) is 0 Å². The number of phenols is 1. The van der Waals surface area contributed by atoms with Gasteiger partial charge in [0.25, 0.3) is 0 Å². The summed E-state index contributed by atoms with van der Waals surface area (Å²) in [7, 11) is 0. The van der Waals surface area contributed by atoms with Crippen molar-refractivity contribution in [3.8, 4) is 5.75 Å². The number of benzene rings is 1. The van der Waals surface area contributed by atoms with Crippen LogP contribution in [-0.2, 0) is 20.7 Å². The minimum Gasteiger partial charge on any atom is -0.508 e. The third-order valence-corrected chi connectivity index (χ3v) is 2.85. The molecule has 0 bridgehead atoms. The fourth-order valence-corrected chi connectivity index (χ4v) is 1.54. The highest BCUT2D eigenvalue weighted by atomic mass is 16.6. The molecule has 0 aliphatic rings. The molecule has 120 valence electrons. The number of aromatic hydroxyl groups is 1. The number of hydrogen-bond acceptors (Lipinski definition) is 5. The van der Waals surface area contributed by atoms with E-state index in [2.05, 4.69) is 11.9 Å². The first kappa shape index (κ1) is 17.6. The lowest BCUT2D eigenvalue weighted by Gasteiger charge is -2.08. The van der Waals surface area contributed by atoms with Crippen LogP contribution in [-0.4, -0.2) is 36.9 Å². The number of alkyl carbamates (subject to hydrolysis) is 1. The van der Waals surface area contributed by atoms with E-state index in [1.807, 2.05) is 13.0 Å². The van der Waals surface area contributed by atoms with Crippen LogP contribution in [0.3, 0.4) is 0 Å². The van der Waals surface area contributed by atoms with E-state index in [1.54, 1.807) is 19.1 Å². The lowest BCUT2D eigenvalue weighted by Crippen LogP contribution is -2.29. The number of nitrogens with one attached hydrogen (secondary N) is 1. The molecule has 0 aromatic heterocycles. The van der Waals surface area contributed by atoms with Crippen molar-refractivity contribution in [2.45, 2.75) is 20.3 Å². The van der Waals surface area contributed by atoms with Crippen molar-refractivity contribution in [3.05, 3.63) is 41.5 Å². The van der Waals surface area contributed by atoms with Crippen molar-refractivity contribution in [2.24, 2.45) is 0 Å². The Balaban J connectivity index is 2.17. The van der Waals surface area contributed by atoms with E-state index in [-0.39, 0.29) is 25.5 Å². The molecule has 1 aromatic carbocycles. The van der Waals surface area contributed by atoms with Gasteiger partial charge in [0.05, 0.1) is 13.2 Å². The van der Waals surface area contributed by atoms with E-state index >= 15 is 0 Å². The molecule has 1 rings (SSSR count). The molecule has 1 aromatic rings. The van der Waals surface area contributed by atoms with Gasteiger partial charge in [-0.3, -0.25) is 0 Å². The third kappa shape index (κ3) is 6.30. The van der Waals surface area contributed by atoms with E-state index in [4.69, 9.17) is 9.47 Å². The van der Waals surface area contributed by atoms with Crippen molar-refractivity contribution < 1.29 is 24.2 Å². The van der Waals surface area contributed by atoms with Gasteiger partial charge in [-0.05, 0) is 31.0 Å². The second-order valence-corrected chi connectivity index (χ2v) is 4.85. The summed E-state index contributed by atoms with van der Waals surface area (Å²) in [6.45, 7) is 7.23. The standard InChI is InChI=1S/C16H21NO5/c1-11(2)15(19)21-9-7-17-16(20)22-8-6-13-5-4-12(3)14(18)10-13/h4-5,10,18H,1,6-9H2,2-3H3,(H,17,20). The number of phenolic OH excluding ortho intramolecular Hbond substituents is 1. The Kier molecular flexibility index (Phi) is 6.95. The molecule has 0 unspecified atom stereocenters.